The van der Waals surface area contributed by atoms with Gasteiger partial charge in [-0.15, -0.1) is 0 Å². The molecule has 0 amide bonds. The van der Waals surface area contributed by atoms with Crippen molar-refractivity contribution in [2.75, 3.05) is 0 Å². The predicted molar refractivity (Wildman–Crippen MR) is 64.5 cm³/mol. The van der Waals surface area contributed by atoms with E-state index in [0.717, 1.165) is 37.5 Å². The zero-order chi connectivity index (χ0) is 11.6. The lowest BCUT2D eigenvalue weighted by Gasteiger charge is -2.00. The molecule has 0 N–H and O–H groups in total. The van der Waals surface area contributed by atoms with Gasteiger partial charge in [0, 0.05) is 18.4 Å². The second kappa shape index (κ2) is 7.80. The smallest absolute Gasteiger partial charge is 0.162 e. The molecule has 2 heteroatoms. The molecule has 1 rings (SSSR count). The monoisotopic (exact) mass is 218 g/mol. The molecule has 0 aromatic heterocycles. The van der Waals surface area contributed by atoms with Crippen molar-refractivity contribution in [1.82, 2.24) is 0 Å². The lowest BCUT2D eigenvalue weighted by atomic mass is 10.0. The van der Waals surface area contributed by atoms with Gasteiger partial charge in [-0.3, -0.25) is 4.79 Å². The maximum atomic E-state index is 11.7. The van der Waals surface area contributed by atoms with E-state index < -0.39 is 0 Å². The largest absolute Gasteiger partial charge is 0.303 e. The minimum Gasteiger partial charge on any atom is -0.303 e. The molecule has 0 heterocycles. The molecular formula is C14H18O2. The van der Waals surface area contributed by atoms with E-state index in [1.165, 1.54) is 0 Å². The van der Waals surface area contributed by atoms with Gasteiger partial charge in [-0.2, -0.15) is 0 Å². The number of ketones is 1. The van der Waals surface area contributed by atoms with Gasteiger partial charge in [-0.25, -0.2) is 0 Å². The number of hydrogen-bond acceptors (Lipinski definition) is 2. The van der Waals surface area contributed by atoms with E-state index in [4.69, 9.17) is 0 Å². The summed E-state index contributed by atoms with van der Waals surface area (Å²) < 4.78 is 0. The number of carbonyl (C=O) groups excluding carboxylic acids is 2. The molecule has 0 spiro atoms. The molecule has 1 aromatic rings. The molecule has 86 valence electrons. The Kier molecular flexibility index (Phi) is 6.16. The Hall–Kier alpha value is -1.44. The third-order valence-electron chi connectivity index (χ3n) is 2.57. The molecule has 0 atom stereocenters. The van der Waals surface area contributed by atoms with Crippen LogP contribution in [0.3, 0.4) is 0 Å². The number of carbonyl (C=O) groups is 2. The van der Waals surface area contributed by atoms with Crippen molar-refractivity contribution in [3.05, 3.63) is 35.9 Å². The van der Waals surface area contributed by atoms with E-state index in [0.29, 0.717) is 12.8 Å². The molecule has 2 nitrogen and oxygen atoms in total. The summed E-state index contributed by atoms with van der Waals surface area (Å²) in [5.74, 6) is 0.219. The zero-order valence-corrected chi connectivity index (χ0v) is 9.52. The van der Waals surface area contributed by atoms with Gasteiger partial charge >= 0.3 is 0 Å². The van der Waals surface area contributed by atoms with E-state index in [-0.39, 0.29) is 5.78 Å². The first kappa shape index (κ1) is 12.6. The lowest BCUT2D eigenvalue weighted by Crippen LogP contribution is -1.98. The molecule has 1 aromatic carbocycles. The van der Waals surface area contributed by atoms with Gasteiger partial charge in [0.2, 0.25) is 0 Å². The molecule has 0 unspecified atom stereocenters. The van der Waals surface area contributed by atoms with Crippen molar-refractivity contribution in [3.63, 3.8) is 0 Å². The van der Waals surface area contributed by atoms with Crippen LogP contribution in [0, 0.1) is 0 Å². The highest BCUT2D eigenvalue weighted by Gasteiger charge is 2.03. The Labute approximate surface area is 96.7 Å². The van der Waals surface area contributed by atoms with Crippen molar-refractivity contribution in [3.8, 4) is 0 Å². The summed E-state index contributed by atoms with van der Waals surface area (Å²) in [6.07, 6.45) is 6.16. The summed E-state index contributed by atoms with van der Waals surface area (Å²) in [6, 6.07) is 9.40. The normalized spacial score (nSPS) is 10.0. The van der Waals surface area contributed by atoms with Crippen LogP contribution in [0.1, 0.15) is 48.9 Å². The second-order valence-electron chi connectivity index (χ2n) is 3.91. The van der Waals surface area contributed by atoms with E-state index >= 15 is 0 Å². The van der Waals surface area contributed by atoms with Crippen molar-refractivity contribution in [2.24, 2.45) is 0 Å². The molecule has 0 saturated carbocycles. The van der Waals surface area contributed by atoms with Gasteiger partial charge < -0.3 is 4.79 Å². The zero-order valence-electron chi connectivity index (χ0n) is 9.52. The van der Waals surface area contributed by atoms with Crippen molar-refractivity contribution in [1.29, 1.82) is 0 Å². The van der Waals surface area contributed by atoms with Gasteiger partial charge in [-0.05, 0) is 12.8 Å². The number of benzene rings is 1. The molecule has 0 radical (unpaired) electrons. The summed E-state index contributed by atoms with van der Waals surface area (Å²) in [5, 5.41) is 0. The number of unbranched alkanes of at least 4 members (excludes halogenated alkanes) is 4. The van der Waals surface area contributed by atoms with Crippen LogP contribution in [0.25, 0.3) is 0 Å². The number of hydrogen-bond donors (Lipinski definition) is 0. The van der Waals surface area contributed by atoms with E-state index in [9.17, 15) is 9.59 Å². The molecule has 16 heavy (non-hydrogen) atoms. The third kappa shape index (κ3) is 4.87. The van der Waals surface area contributed by atoms with Crippen LogP contribution < -0.4 is 0 Å². The second-order valence-corrected chi connectivity index (χ2v) is 3.91. The van der Waals surface area contributed by atoms with Crippen LogP contribution in [0.2, 0.25) is 0 Å². The minimum atomic E-state index is 0.219. The molecule has 0 aliphatic heterocycles. The van der Waals surface area contributed by atoms with E-state index in [1.807, 2.05) is 30.3 Å². The first-order valence-corrected chi connectivity index (χ1v) is 5.86. The van der Waals surface area contributed by atoms with Crippen LogP contribution in [-0.4, -0.2) is 12.1 Å². The maximum absolute atomic E-state index is 11.7. The molecule has 0 saturated heterocycles. The lowest BCUT2D eigenvalue weighted by molar-refractivity contribution is -0.107. The average molecular weight is 218 g/mol. The van der Waals surface area contributed by atoms with Gasteiger partial charge in [0.05, 0.1) is 0 Å². The van der Waals surface area contributed by atoms with Crippen LogP contribution in [0.5, 0.6) is 0 Å². The fourth-order valence-corrected chi connectivity index (χ4v) is 1.64. The summed E-state index contributed by atoms with van der Waals surface area (Å²) in [4.78, 5) is 21.8. The molecule has 0 bridgehead atoms. The van der Waals surface area contributed by atoms with Gasteiger partial charge in [-0.1, -0.05) is 43.2 Å². The highest BCUT2D eigenvalue weighted by Crippen LogP contribution is 2.09. The Morgan fingerprint density at radius 1 is 1.00 bits per heavy atom. The number of Topliss-reactive ketones (excluding diaryl/α,β-unsaturated/α-hetero) is 1. The summed E-state index contributed by atoms with van der Waals surface area (Å²) in [6.45, 7) is 0. The summed E-state index contributed by atoms with van der Waals surface area (Å²) in [7, 11) is 0. The maximum Gasteiger partial charge on any atom is 0.162 e. The van der Waals surface area contributed by atoms with Crippen LogP contribution >= 0.6 is 0 Å². The Balaban J connectivity index is 2.14. The van der Waals surface area contributed by atoms with Gasteiger partial charge in [0.25, 0.3) is 0 Å². The molecular weight excluding hydrogens is 200 g/mol. The quantitative estimate of drug-likeness (QED) is 0.380. The molecule has 0 aliphatic rings. The van der Waals surface area contributed by atoms with Gasteiger partial charge in [0.15, 0.2) is 5.78 Å². The Morgan fingerprint density at radius 2 is 1.69 bits per heavy atom. The molecule has 0 aliphatic carbocycles. The number of rotatable bonds is 8. The summed E-state index contributed by atoms with van der Waals surface area (Å²) >= 11 is 0. The highest BCUT2D eigenvalue weighted by atomic mass is 16.1. The first-order valence-electron chi connectivity index (χ1n) is 5.86. The van der Waals surface area contributed by atoms with Crippen LogP contribution in [-0.2, 0) is 4.79 Å². The molecule has 0 fully saturated rings. The number of aldehydes is 1. The predicted octanol–water partition coefficient (Wildman–Crippen LogP) is 3.41. The van der Waals surface area contributed by atoms with E-state index in [1.54, 1.807) is 0 Å². The Morgan fingerprint density at radius 3 is 2.38 bits per heavy atom. The minimum absolute atomic E-state index is 0.219. The fourth-order valence-electron chi connectivity index (χ4n) is 1.64. The fraction of sp³-hybridized carbons (Fsp3) is 0.429. The van der Waals surface area contributed by atoms with Crippen molar-refractivity contribution >= 4 is 12.1 Å². The van der Waals surface area contributed by atoms with Crippen LogP contribution in [0.15, 0.2) is 30.3 Å². The van der Waals surface area contributed by atoms with Crippen molar-refractivity contribution < 1.29 is 9.59 Å². The summed E-state index contributed by atoms with van der Waals surface area (Å²) in [5.41, 5.74) is 0.801. The Bertz CT molecular complexity index is 317. The highest BCUT2D eigenvalue weighted by molar-refractivity contribution is 5.95. The first-order chi connectivity index (χ1) is 7.84. The van der Waals surface area contributed by atoms with Crippen LogP contribution in [0.4, 0.5) is 0 Å². The SMILES string of the molecule is O=CCCCCCCC(=O)c1ccccc1. The third-order valence-corrected chi connectivity index (χ3v) is 2.57. The van der Waals surface area contributed by atoms with Crippen molar-refractivity contribution in [2.45, 2.75) is 38.5 Å². The van der Waals surface area contributed by atoms with E-state index in [2.05, 4.69) is 0 Å². The average Bonchev–Trinajstić information content (AvgIpc) is 2.34. The topological polar surface area (TPSA) is 34.1 Å². The van der Waals surface area contributed by atoms with Gasteiger partial charge in [0.1, 0.15) is 6.29 Å². The standard InChI is InChI=1S/C14H18O2/c15-12-8-3-1-2-7-11-14(16)13-9-5-4-6-10-13/h4-6,9-10,12H,1-3,7-8,11H2.